The van der Waals surface area contributed by atoms with Gasteiger partial charge in [0.1, 0.15) is 11.6 Å². The number of nitrogens with one attached hydrogen (secondary N) is 2. The summed E-state index contributed by atoms with van der Waals surface area (Å²) >= 11 is 0. The average molecular weight is 481 g/mol. The largest absolute Gasteiger partial charge is 0.495 e. The molecule has 0 heterocycles. The molecule has 168 valence electrons. The molecule has 0 saturated heterocycles. The molecule has 0 aromatic heterocycles. The molecule has 0 bridgehead atoms. The predicted octanol–water partition coefficient (Wildman–Crippen LogP) is 3.34. The summed E-state index contributed by atoms with van der Waals surface area (Å²) in [6, 6.07) is 12.2. The van der Waals surface area contributed by atoms with Crippen LogP contribution in [0.4, 0.5) is 21.5 Å². The fourth-order valence-corrected chi connectivity index (χ4v) is 4.74. The number of methoxy groups -OCH3 is 1. The van der Waals surface area contributed by atoms with Crippen LogP contribution in [0.5, 0.6) is 5.75 Å². The van der Waals surface area contributed by atoms with Crippen LogP contribution in [0.3, 0.4) is 0 Å². The number of ether oxygens (including phenoxy) is 1. The van der Waals surface area contributed by atoms with E-state index in [4.69, 9.17) is 4.74 Å². The number of halogens is 1. The predicted molar refractivity (Wildman–Crippen MR) is 114 cm³/mol. The van der Waals surface area contributed by atoms with Crippen molar-refractivity contribution in [3.8, 4) is 5.75 Å². The van der Waals surface area contributed by atoms with E-state index >= 15 is 0 Å². The third-order valence-electron chi connectivity index (χ3n) is 4.18. The van der Waals surface area contributed by atoms with E-state index in [2.05, 4.69) is 9.44 Å². The van der Waals surface area contributed by atoms with Gasteiger partial charge >= 0.3 is 0 Å². The SMILES string of the molecule is COc1ccc(NS(=O)(=O)c2ccc([N+](=O)[O-])cc2)cc1NS(=O)(=O)c1ccc(F)cc1. The van der Waals surface area contributed by atoms with Gasteiger partial charge in [0, 0.05) is 12.1 Å². The van der Waals surface area contributed by atoms with Crippen molar-refractivity contribution in [2.75, 3.05) is 16.6 Å². The van der Waals surface area contributed by atoms with Gasteiger partial charge in [-0.3, -0.25) is 19.6 Å². The Labute approximate surface area is 182 Å². The van der Waals surface area contributed by atoms with Crippen LogP contribution < -0.4 is 14.2 Å². The zero-order chi connectivity index (χ0) is 23.5. The Morgan fingerprint density at radius 2 is 1.38 bits per heavy atom. The highest BCUT2D eigenvalue weighted by Gasteiger charge is 2.20. The third kappa shape index (κ3) is 5.12. The highest BCUT2D eigenvalue weighted by atomic mass is 32.2. The zero-order valence-electron chi connectivity index (χ0n) is 16.4. The summed E-state index contributed by atoms with van der Waals surface area (Å²) in [5.74, 6) is -0.502. The molecule has 10 nitrogen and oxygen atoms in total. The Bertz CT molecular complexity index is 1360. The van der Waals surface area contributed by atoms with E-state index in [9.17, 15) is 31.3 Å². The Morgan fingerprint density at radius 1 is 0.844 bits per heavy atom. The van der Waals surface area contributed by atoms with Crippen molar-refractivity contribution in [1.82, 2.24) is 0 Å². The summed E-state index contributed by atoms with van der Waals surface area (Å²) in [7, 11) is -6.95. The van der Waals surface area contributed by atoms with Gasteiger partial charge in [0.25, 0.3) is 25.7 Å². The molecule has 0 radical (unpaired) electrons. The van der Waals surface area contributed by atoms with Gasteiger partial charge in [-0.2, -0.15) is 0 Å². The topological polar surface area (TPSA) is 145 Å². The molecule has 0 fully saturated rings. The highest BCUT2D eigenvalue weighted by Crippen LogP contribution is 2.31. The van der Waals surface area contributed by atoms with Gasteiger partial charge in [-0.25, -0.2) is 21.2 Å². The van der Waals surface area contributed by atoms with Crippen molar-refractivity contribution in [2.24, 2.45) is 0 Å². The van der Waals surface area contributed by atoms with Crippen LogP contribution in [0, 0.1) is 15.9 Å². The average Bonchev–Trinajstić information content (AvgIpc) is 2.74. The minimum Gasteiger partial charge on any atom is -0.495 e. The molecule has 0 amide bonds. The minimum absolute atomic E-state index is 0.000888. The lowest BCUT2D eigenvalue weighted by Crippen LogP contribution is -2.15. The normalized spacial score (nSPS) is 11.6. The molecule has 0 aliphatic carbocycles. The van der Waals surface area contributed by atoms with Gasteiger partial charge in [-0.05, 0) is 54.6 Å². The lowest BCUT2D eigenvalue weighted by atomic mass is 10.2. The number of nitro groups is 1. The maximum absolute atomic E-state index is 13.1. The highest BCUT2D eigenvalue weighted by molar-refractivity contribution is 7.93. The molecule has 0 aliphatic rings. The molecule has 3 aromatic rings. The first kappa shape index (κ1) is 23.0. The van der Waals surface area contributed by atoms with Crippen molar-refractivity contribution in [3.63, 3.8) is 0 Å². The number of rotatable bonds is 8. The number of benzene rings is 3. The van der Waals surface area contributed by atoms with Gasteiger partial charge in [0.15, 0.2) is 0 Å². The second-order valence-corrected chi connectivity index (χ2v) is 9.70. The summed E-state index contributed by atoms with van der Waals surface area (Å²) in [5, 5.41) is 10.7. The number of nitro benzene ring substituents is 1. The fourth-order valence-electron chi connectivity index (χ4n) is 2.63. The van der Waals surface area contributed by atoms with E-state index in [-0.39, 0.29) is 32.6 Å². The van der Waals surface area contributed by atoms with Gasteiger partial charge in [-0.15, -0.1) is 0 Å². The molecular formula is C19H16FN3O7S2. The van der Waals surface area contributed by atoms with Crippen molar-refractivity contribution in [3.05, 3.63) is 82.7 Å². The molecule has 0 aliphatic heterocycles. The second kappa shape index (κ2) is 8.80. The van der Waals surface area contributed by atoms with Crippen LogP contribution in [0.2, 0.25) is 0 Å². The van der Waals surface area contributed by atoms with Gasteiger partial charge in [0.05, 0.1) is 33.2 Å². The van der Waals surface area contributed by atoms with Crippen LogP contribution in [0.15, 0.2) is 76.5 Å². The summed E-state index contributed by atoms with van der Waals surface area (Å²) in [4.78, 5) is 9.64. The molecule has 3 rings (SSSR count). The lowest BCUT2D eigenvalue weighted by molar-refractivity contribution is -0.384. The van der Waals surface area contributed by atoms with Crippen LogP contribution >= 0.6 is 0 Å². The number of anilines is 2. The van der Waals surface area contributed by atoms with Crippen LogP contribution in [0.1, 0.15) is 0 Å². The number of nitrogens with zero attached hydrogens (tertiary/aromatic N) is 1. The number of non-ortho nitro benzene ring substituents is 1. The maximum Gasteiger partial charge on any atom is 0.269 e. The molecule has 0 unspecified atom stereocenters. The maximum atomic E-state index is 13.1. The number of sulfonamides is 2. The van der Waals surface area contributed by atoms with Crippen LogP contribution in [-0.2, 0) is 20.0 Å². The Balaban J connectivity index is 1.90. The summed E-state index contributed by atoms with van der Waals surface area (Å²) in [6.45, 7) is 0. The first-order valence-corrected chi connectivity index (χ1v) is 11.7. The van der Waals surface area contributed by atoms with Crippen molar-refractivity contribution < 1.29 is 30.9 Å². The molecule has 32 heavy (non-hydrogen) atoms. The first-order chi connectivity index (χ1) is 15.0. The standard InChI is InChI=1S/C19H16FN3O7S2/c1-30-19-11-4-14(21-31(26,27)17-9-5-15(6-10-17)23(24)25)12-18(19)22-32(28,29)16-7-2-13(20)3-8-16/h2-12,21-22H,1H3. The molecule has 3 aromatic carbocycles. The minimum atomic E-state index is -4.13. The third-order valence-corrected chi connectivity index (χ3v) is 6.96. The molecule has 0 atom stereocenters. The van der Waals surface area contributed by atoms with Gasteiger partial charge < -0.3 is 4.74 Å². The molecule has 2 N–H and O–H groups in total. The van der Waals surface area contributed by atoms with E-state index in [1.54, 1.807) is 0 Å². The van der Waals surface area contributed by atoms with E-state index in [1.807, 2.05) is 0 Å². The van der Waals surface area contributed by atoms with Crippen LogP contribution in [-0.4, -0.2) is 28.9 Å². The second-order valence-electron chi connectivity index (χ2n) is 6.33. The number of hydrogen-bond acceptors (Lipinski definition) is 7. The Hall–Kier alpha value is -3.71. The fraction of sp³-hybridized carbons (Fsp3) is 0.0526. The number of hydrogen-bond donors (Lipinski definition) is 2. The van der Waals surface area contributed by atoms with Gasteiger partial charge in [-0.1, -0.05) is 0 Å². The summed E-state index contributed by atoms with van der Waals surface area (Å²) in [6.07, 6.45) is 0. The zero-order valence-corrected chi connectivity index (χ0v) is 18.0. The van der Waals surface area contributed by atoms with Crippen molar-refractivity contribution >= 4 is 37.1 Å². The Morgan fingerprint density at radius 3 is 1.91 bits per heavy atom. The van der Waals surface area contributed by atoms with E-state index < -0.39 is 30.8 Å². The van der Waals surface area contributed by atoms with Crippen molar-refractivity contribution in [1.29, 1.82) is 0 Å². The van der Waals surface area contributed by atoms with E-state index in [0.717, 1.165) is 48.5 Å². The van der Waals surface area contributed by atoms with Crippen LogP contribution in [0.25, 0.3) is 0 Å². The summed E-state index contributed by atoms with van der Waals surface area (Å²) < 4.78 is 73.2. The smallest absolute Gasteiger partial charge is 0.269 e. The molecule has 13 heteroatoms. The van der Waals surface area contributed by atoms with E-state index in [0.29, 0.717) is 0 Å². The molecule has 0 spiro atoms. The van der Waals surface area contributed by atoms with Gasteiger partial charge in [0.2, 0.25) is 0 Å². The monoisotopic (exact) mass is 481 g/mol. The quantitative estimate of drug-likeness (QED) is 0.371. The van der Waals surface area contributed by atoms with E-state index in [1.165, 1.54) is 25.3 Å². The first-order valence-electron chi connectivity index (χ1n) is 8.75. The van der Waals surface area contributed by atoms with Crippen molar-refractivity contribution in [2.45, 2.75) is 9.79 Å². The summed E-state index contributed by atoms with van der Waals surface area (Å²) in [5.41, 5.74) is -0.340. The molecular weight excluding hydrogens is 465 g/mol. The molecule has 0 saturated carbocycles. The lowest BCUT2D eigenvalue weighted by Gasteiger charge is -2.14. The Kier molecular flexibility index (Phi) is 6.32.